The van der Waals surface area contributed by atoms with E-state index in [0.717, 1.165) is 24.5 Å². The van der Waals surface area contributed by atoms with Crippen molar-refractivity contribution in [2.45, 2.75) is 19.5 Å². The van der Waals surface area contributed by atoms with Crippen LogP contribution < -0.4 is 10.1 Å². The van der Waals surface area contributed by atoms with Crippen molar-refractivity contribution in [1.82, 2.24) is 9.47 Å². The predicted molar refractivity (Wildman–Crippen MR) is 118 cm³/mol. The number of para-hydroxylation sites is 1. The molecule has 0 aliphatic carbocycles. The van der Waals surface area contributed by atoms with E-state index < -0.39 is 0 Å². The molecule has 0 bridgehead atoms. The molecule has 0 saturated carbocycles. The van der Waals surface area contributed by atoms with Gasteiger partial charge in [-0.05, 0) is 61.1 Å². The van der Waals surface area contributed by atoms with Crippen molar-refractivity contribution in [2.24, 2.45) is 0 Å². The number of halogens is 1. The summed E-state index contributed by atoms with van der Waals surface area (Å²) in [4.78, 5) is 2.23. The number of rotatable bonds is 4. The molecule has 2 heterocycles. The summed E-state index contributed by atoms with van der Waals surface area (Å²) in [7, 11) is 0. The molecule has 0 saturated heterocycles. The van der Waals surface area contributed by atoms with Gasteiger partial charge in [0, 0.05) is 25.0 Å². The summed E-state index contributed by atoms with van der Waals surface area (Å²) in [5.74, 6) is 0.876. The van der Waals surface area contributed by atoms with Crippen molar-refractivity contribution >= 4 is 34.6 Å². The van der Waals surface area contributed by atoms with Gasteiger partial charge in [-0.1, -0.05) is 35.9 Å². The molecule has 2 aromatic carbocycles. The lowest BCUT2D eigenvalue weighted by atomic mass is 10.00. The van der Waals surface area contributed by atoms with Gasteiger partial charge in [0.2, 0.25) is 0 Å². The predicted octanol–water partition coefficient (Wildman–Crippen LogP) is 5.34. The molecular weight excluding hydrogens is 390 g/mol. The van der Waals surface area contributed by atoms with E-state index in [-0.39, 0.29) is 6.04 Å². The molecule has 1 aliphatic heterocycles. The van der Waals surface area contributed by atoms with E-state index in [1.165, 1.54) is 11.3 Å². The van der Waals surface area contributed by atoms with Crippen molar-refractivity contribution in [3.05, 3.63) is 83.1 Å². The zero-order valence-corrected chi connectivity index (χ0v) is 17.2. The fourth-order valence-electron chi connectivity index (χ4n) is 3.62. The maximum atomic E-state index is 6.31. The molecule has 1 aromatic heterocycles. The maximum absolute atomic E-state index is 6.31. The van der Waals surface area contributed by atoms with E-state index in [0.29, 0.717) is 16.7 Å². The van der Waals surface area contributed by atoms with E-state index in [1.54, 1.807) is 0 Å². The number of fused-ring (bicyclic) bond motifs is 1. The van der Waals surface area contributed by atoms with Crippen LogP contribution in [0.4, 0.5) is 5.69 Å². The molecule has 3 aromatic rings. The lowest BCUT2D eigenvalue weighted by molar-refractivity contribution is 0.293. The minimum atomic E-state index is 0.0296. The molecule has 6 heteroatoms. The Bertz CT molecular complexity index is 970. The fourth-order valence-corrected chi connectivity index (χ4v) is 4.11. The zero-order chi connectivity index (χ0) is 19.5. The first-order valence-electron chi connectivity index (χ1n) is 9.37. The van der Waals surface area contributed by atoms with Crippen LogP contribution in [0.15, 0.2) is 66.9 Å². The summed E-state index contributed by atoms with van der Waals surface area (Å²) in [6.07, 6.45) is 2.12. The van der Waals surface area contributed by atoms with Crippen LogP contribution in [-0.2, 0) is 6.54 Å². The molecule has 0 unspecified atom stereocenters. The van der Waals surface area contributed by atoms with Crippen LogP contribution in [0.2, 0.25) is 5.02 Å². The number of thiocarbonyl (C=S) groups is 1. The Balaban J connectivity index is 1.65. The van der Waals surface area contributed by atoms with Gasteiger partial charge in [-0.2, -0.15) is 0 Å². The lowest BCUT2D eigenvalue weighted by Gasteiger charge is -2.39. The molecule has 1 atom stereocenters. The first-order valence-corrected chi connectivity index (χ1v) is 10.2. The van der Waals surface area contributed by atoms with Crippen molar-refractivity contribution in [1.29, 1.82) is 0 Å². The number of hydrogen-bond acceptors (Lipinski definition) is 2. The van der Waals surface area contributed by atoms with Gasteiger partial charge < -0.3 is 19.5 Å². The highest BCUT2D eigenvalue weighted by atomic mass is 35.5. The Morgan fingerprint density at radius 3 is 2.64 bits per heavy atom. The standard InChI is InChI=1S/C22H22ClN3OS/c1-2-27-17-11-9-16(10-12-17)21-20-8-5-13-25(20)14-15-26(21)22(28)24-19-7-4-3-6-18(19)23/h3-13,21H,2,14-15H2,1H3,(H,24,28)/t21-/m0/s1. The van der Waals surface area contributed by atoms with Crippen molar-refractivity contribution in [2.75, 3.05) is 18.5 Å². The van der Waals surface area contributed by atoms with E-state index in [9.17, 15) is 0 Å². The van der Waals surface area contributed by atoms with Crippen molar-refractivity contribution < 1.29 is 4.74 Å². The third-order valence-corrected chi connectivity index (χ3v) is 5.59. The van der Waals surface area contributed by atoms with E-state index in [2.05, 4.69) is 45.2 Å². The molecule has 144 valence electrons. The normalized spacial score (nSPS) is 15.8. The second kappa shape index (κ2) is 8.25. The second-order valence-corrected chi connectivity index (χ2v) is 7.43. The Morgan fingerprint density at radius 1 is 1.11 bits per heavy atom. The molecule has 0 amide bonds. The van der Waals surface area contributed by atoms with Crippen LogP contribution in [0.25, 0.3) is 0 Å². The molecule has 4 nitrogen and oxygen atoms in total. The molecular formula is C22H22ClN3OS. The first-order chi connectivity index (χ1) is 13.7. The number of anilines is 1. The first kappa shape index (κ1) is 18.8. The number of aromatic nitrogens is 1. The van der Waals surface area contributed by atoms with Gasteiger partial charge in [-0.25, -0.2) is 0 Å². The van der Waals surface area contributed by atoms with Crippen LogP contribution in [0.1, 0.15) is 24.2 Å². The largest absolute Gasteiger partial charge is 0.494 e. The Labute approximate surface area is 175 Å². The lowest BCUT2D eigenvalue weighted by Crippen LogP contribution is -2.44. The Morgan fingerprint density at radius 2 is 1.89 bits per heavy atom. The van der Waals surface area contributed by atoms with Gasteiger partial charge in [0.25, 0.3) is 0 Å². The fraction of sp³-hybridized carbons (Fsp3) is 0.227. The van der Waals surface area contributed by atoms with Gasteiger partial charge in [0.15, 0.2) is 5.11 Å². The topological polar surface area (TPSA) is 29.4 Å². The second-order valence-electron chi connectivity index (χ2n) is 6.63. The molecule has 1 N–H and O–H groups in total. The third kappa shape index (κ3) is 3.73. The summed E-state index contributed by atoms with van der Waals surface area (Å²) in [6.45, 7) is 4.35. The van der Waals surface area contributed by atoms with Crippen LogP contribution >= 0.6 is 23.8 Å². The van der Waals surface area contributed by atoms with Crippen LogP contribution in [0, 0.1) is 0 Å². The van der Waals surface area contributed by atoms with Gasteiger partial charge in [0.05, 0.1) is 23.4 Å². The molecule has 0 spiro atoms. The summed E-state index contributed by atoms with van der Waals surface area (Å²) in [5, 5.41) is 4.65. The number of nitrogens with zero attached hydrogens (tertiary/aromatic N) is 2. The highest BCUT2D eigenvalue weighted by molar-refractivity contribution is 7.80. The van der Waals surface area contributed by atoms with Crippen molar-refractivity contribution in [3.8, 4) is 5.75 Å². The van der Waals surface area contributed by atoms with Gasteiger partial charge in [0.1, 0.15) is 5.75 Å². The average Bonchev–Trinajstić information content (AvgIpc) is 3.19. The van der Waals surface area contributed by atoms with Crippen LogP contribution in [0.5, 0.6) is 5.75 Å². The number of hydrogen-bond donors (Lipinski definition) is 1. The van der Waals surface area contributed by atoms with Crippen LogP contribution in [0.3, 0.4) is 0 Å². The third-order valence-electron chi connectivity index (χ3n) is 4.92. The molecule has 1 aliphatic rings. The zero-order valence-electron chi connectivity index (χ0n) is 15.6. The van der Waals surface area contributed by atoms with Gasteiger partial charge in [-0.15, -0.1) is 0 Å². The summed E-state index contributed by atoms with van der Waals surface area (Å²) in [5.41, 5.74) is 3.21. The molecule has 0 radical (unpaired) electrons. The maximum Gasteiger partial charge on any atom is 0.174 e. The summed E-state index contributed by atoms with van der Waals surface area (Å²) >= 11 is 12.1. The molecule has 28 heavy (non-hydrogen) atoms. The Kier molecular flexibility index (Phi) is 5.55. The van der Waals surface area contributed by atoms with Gasteiger partial charge >= 0.3 is 0 Å². The Hall–Kier alpha value is -2.50. The molecule has 4 rings (SSSR count). The minimum absolute atomic E-state index is 0.0296. The highest BCUT2D eigenvalue weighted by Crippen LogP contribution is 2.34. The summed E-state index contributed by atoms with van der Waals surface area (Å²) < 4.78 is 7.88. The average molecular weight is 412 g/mol. The molecule has 0 fully saturated rings. The van der Waals surface area contributed by atoms with E-state index in [4.69, 9.17) is 28.6 Å². The van der Waals surface area contributed by atoms with Crippen LogP contribution in [-0.4, -0.2) is 27.7 Å². The van der Waals surface area contributed by atoms with Crippen molar-refractivity contribution in [3.63, 3.8) is 0 Å². The quantitative estimate of drug-likeness (QED) is 0.586. The smallest absolute Gasteiger partial charge is 0.174 e. The summed E-state index contributed by atoms with van der Waals surface area (Å²) in [6, 6.07) is 20.2. The number of benzene rings is 2. The number of nitrogens with one attached hydrogen (secondary N) is 1. The number of ether oxygens (including phenoxy) is 1. The highest BCUT2D eigenvalue weighted by Gasteiger charge is 2.30. The monoisotopic (exact) mass is 411 g/mol. The SMILES string of the molecule is CCOc1ccc([C@H]2c3cccn3CCN2C(=S)Nc2ccccc2Cl)cc1. The van der Waals surface area contributed by atoms with E-state index >= 15 is 0 Å². The van der Waals surface area contributed by atoms with Gasteiger partial charge in [-0.3, -0.25) is 0 Å². The van der Waals surface area contributed by atoms with E-state index in [1.807, 2.05) is 43.3 Å². The minimum Gasteiger partial charge on any atom is -0.494 e.